The lowest BCUT2D eigenvalue weighted by Crippen LogP contribution is -2.09. The molecule has 0 saturated heterocycles. The Balaban J connectivity index is 0.00000190. The van der Waals surface area contributed by atoms with Crippen LogP contribution < -0.4 is 5.32 Å². The van der Waals surface area contributed by atoms with E-state index in [2.05, 4.69) is 23.3 Å². The van der Waals surface area contributed by atoms with Gasteiger partial charge in [-0.2, -0.15) is 0 Å². The Morgan fingerprint density at radius 3 is 2.64 bits per heavy atom. The summed E-state index contributed by atoms with van der Waals surface area (Å²) < 4.78 is 13.5. The minimum absolute atomic E-state index is 0.181. The van der Waals surface area contributed by atoms with E-state index in [4.69, 9.17) is 0 Å². The Morgan fingerprint density at radius 2 is 2.04 bits per heavy atom. The zero-order valence-corrected chi connectivity index (χ0v) is 17.9. The number of hydrogen-bond donors (Lipinski definition) is 2. The monoisotopic (exact) mass is 386 g/mol. The third-order valence-electron chi connectivity index (χ3n) is 4.67. The highest BCUT2D eigenvalue weighted by atomic mass is 19.1. The fourth-order valence-electron chi connectivity index (χ4n) is 3.26. The Morgan fingerprint density at radius 1 is 1.29 bits per heavy atom. The van der Waals surface area contributed by atoms with E-state index in [0.29, 0.717) is 0 Å². The molecule has 0 amide bonds. The summed E-state index contributed by atoms with van der Waals surface area (Å²) in [4.78, 5) is 14.9. The van der Waals surface area contributed by atoms with Crippen molar-refractivity contribution < 1.29 is 9.18 Å². The topological polar surface area (TPSA) is 44.9 Å². The summed E-state index contributed by atoms with van der Waals surface area (Å²) in [5.41, 5.74) is 4.74. The molecule has 154 valence electrons. The first-order chi connectivity index (χ1) is 13.6. The third-order valence-corrected chi connectivity index (χ3v) is 4.67. The zero-order chi connectivity index (χ0) is 20.9. The van der Waals surface area contributed by atoms with Crippen LogP contribution in [0, 0.1) is 5.82 Å². The van der Waals surface area contributed by atoms with Crippen molar-refractivity contribution in [1.82, 2.24) is 10.3 Å². The van der Waals surface area contributed by atoms with Gasteiger partial charge in [0.1, 0.15) is 5.82 Å². The van der Waals surface area contributed by atoms with Gasteiger partial charge in [0.05, 0.1) is 0 Å². The Bertz CT molecular complexity index is 749. The maximum atomic E-state index is 13.5. The summed E-state index contributed by atoms with van der Waals surface area (Å²) in [6, 6.07) is 8.64. The SMILES string of the molecule is CC.CCCC(/C=C(\C)c1cccc(F)c1)c1cc(C=O)c(CCCNC)[nH]1. The quantitative estimate of drug-likeness (QED) is 0.381. The van der Waals surface area contributed by atoms with Crippen LogP contribution in [0.25, 0.3) is 5.57 Å². The Hall–Kier alpha value is -2.20. The second kappa shape index (κ2) is 13.1. The fraction of sp³-hybridized carbons (Fsp3) is 0.458. The summed E-state index contributed by atoms with van der Waals surface area (Å²) in [5.74, 6) is -0.0442. The van der Waals surface area contributed by atoms with Crippen molar-refractivity contribution in [3.05, 3.63) is 64.7 Å². The van der Waals surface area contributed by atoms with Crippen LogP contribution in [0.2, 0.25) is 0 Å². The number of aryl methyl sites for hydroxylation is 1. The second-order valence-electron chi connectivity index (χ2n) is 6.74. The molecule has 1 aromatic carbocycles. The molecule has 2 rings (SSSR count). The summed E-state index contributed by atoms with van der Waals surface area (Å²) in [5, 5.41) is 3.13. The van der Waals surface area contributed by atoms with Crippen LogP contribution in [0.5, 0.6) is 0 Å². The van der Waals surface area contributed by atoms with Gasteiger partial charge in [0.25, 0.3) is 0 Å². The smallest absolute Gasteiger partial charge is 0.151 e. The molecule has 0 aliphatic rings. The second-order valence-corrected chi connectivity index (χ2v) is 6.74. The van der Waals surface area contributed by atoms with Gasteiger partial charge in [0, 0.05) is 22.9 Å². The van der Waals surface area contributed by atoms with Crippen LogP contribution in [0.1, 0.15) is 80.2 Å². The molecule has 1 aromatic heterocycles. The molecule has 1 atom stereocenters. The van der Waals surface area contributed by atoms with Crippen LogP contribution in [-0.4, -0.2) is 24.9 Å². The zero-order valence-electron chi connectivity index (χ0n) is 17.9. The fourth-order valence-corrected chi connectivity index (χ4v) is 3.26. The first-order valence-corrected chi connectivity index (χ1v) is 10.3. The number of halogens is 1. The molecule has 3 nitrogen and oxygen atoms in total. The molecular formula is C24H35FN2O. The summed E-state index contributed by atoms with van der Waals surface area (Å²) in [7, 11) is 1.93. The highest BCUT2D eigenvalue weighted by Crippen LogP contribution is 2.28. The Labute approximate surface area is 169 Å². The van der Waals surface area contributed by atoms with Crippen molar-refractivity contribution in [2.75, 3.05) is 13.6 Å². The molecule has 0 aliphatic carbocycles. The van der Waals surface area contributed by atoms with Crippen molar-refractivity contribution in [3.8, 4) is 0 Å². The summed E-state index contributed by atoms with van der Waals surface area (Å²) in [6.07, 6.45) is 6.94. The van der Waals surface area contributed by atoms with Crippen LogP contribution in [-0.2, 0) is 6.42 Å². The van der Waals surface area contributed by atoms with Crippen LogP contribution in [0.15, 0.2) is 36.4 Å². The minimum atomic E-state index is -0.225. The lowest BCUT2D eigenvalue weighted by atomic mass is 9.94. The number of aromatic amines is 1. The molecule has 0 spiro atoms. The number of carbonyl (C=O) groups excluding carboxylic acids is 1. The number of aldehydes is 1. The molecule has 1 unspecified atom stereocenters. The normalized spacial score (nSPS) is 12.3. The van der Waals surface area contributed by atoms with Crippen molar-refractivity contribution in [1.29, 1.82) is 0 Å². The van der Waals surface area contributed by atoms with Gasteiger partial charge in [-0.3, -0.25) is 4.79 Å². The number of carbonyl (C=O) groups is 1. The van der Waals surface area contributed by atoms with Gasteiger partial charge in [0.15, 0.2) is 6.29 Å². The maximum absolute atomic E-state index is 13.5. The van der Waals surface area contributed by atoms with Gasteiger partial charge in [0.2, 0.25) is 0 Å². The number of aromatic nitrogens is 1. The third kappa shape index (κ3) is 7.08. The van der Waals surface area contributed by atoms with E-state index in [-0.39, 0.29) is 11.7 Å². The van der Waals surface area contributed by atoms with E-state index in [1.165, 1.54) is 6.07 Å². The number of rotatable bonds is 10. The average molecular weight is 387 g/mol. The van der Waals surface area contributed by atoms with E-state index in [0.717, 1.165) is 66.6 Å². The molecular weight excluding hydrogens is 351 g/mol. The number of nitrogens with one attached hydrogen (secondary N) is 2. The number of hydrogen-bond acceptors (Lipinski definition) is 2. The molecule has 0 aliphatic heterocycles. The number of H-pyrrole nitrogens is 1. The van der Waals surface area contributed by atoms with Gasteiger partial charge in [-0.05, 0) is 69.1 Å². The van der Waals surface area contributed by atoms with Gasteiger partial charge in [-0.25, -0.2) is 4.39 Å². The van der Waals surface area contributed by atoms with Crippen molar-refractivity contribution in [2.45, 2.75) is 59.3 Å². The van der Waals surface area contributed by atoms with Crippen LogP contribution in [0.3, 0.4) is 0 Å². The molecule has 2 N–H and O–H groups in total. The van der Waals surface area contributed by atoms with Gasteiger partial charge < -0.3 is 10.3 Å². The predicted molar refractivity (Wildman–Crippen MR) is 117 cm³/mol. The Kier molecular flexibility index (Phi) is 11.1. The first kappa shape index (κ1) is 23.8. The highest BCUT2D eigenvalue weighted by molar-refractivity contribution is 5.77. The maximum Gasteiger partial charge on any atom is 0.151 e. The van der Waals surface area contributed by atoms with Crippen molar-refractivity contribution in [3.63, 3.8) is 0 Å². The molecule has 0 saturated carbocycles. The molecule has 0 bridgehead atoms. The molecule has 28 heavy (non-hydrogen) atoms. The van der Waals surface area contributed by atoms with Gasteiger partial charge in [-0.15, -0.1) is 0 Å². The molecule has 0 radical (unpaired) electrons. The van der Waals surface area contributed by atoms with Gasteiger partial charge in [-0.1, -0.05) is 45.4 Å². The standard InChI is InChI=1S/C22H29FN2O.C2H6/c1-4-7-18(12-16(2)17-8-5-9-20(23)13-17)22-14-19(15-26)21(25-22)10-6-11-24-3;1-2/h5,8-9,12-15,18,24-25H,4,6-7,10-11H2,1-3H3;1-2H3/b16-12+;. The predicted octanol–water partition coefficient (Wildman–Crippen LogP) is 6.13. The summed E-state index contributed by atoms with van der Waals surface area (Å²) >= 11 is 0. The van der Waals surface area contributed by atoms with E-state index in [1.54, 1.807) is 12.1 Å². The van der Waals surface area contributed by atoms with Crippen molar-refractivity contribution >= 4 is 11.9 Å². The van der Waals surface area contributed by atoms with Crippen molar-refractivity contribution in [2.24, 2.45) is 0 Å². The largest absolute Gasteiger partial charge is 0.361 e. The van der Waals surface area contributed by atoms with Crippen LogP contribution in [0.4, 0.5) is 4.39 Å². The molecule has 0 fully saturated rings. The summed E-state index contributed by atoms with van der Waals surface area (Å²) in [6.45, 7) is 9.08. The van der Waals surface area contributed by atoms with E-state index < -0.39 is 0 Å². The minimum Gasteiger partial charge on any atom is -0.361 e. The number of allylic oxidation sites excluding steroid dienone is 2. The number of benzene rings is 1. The van der Waals surface area contributed by atoms with E-state index in [1.807, 2.05) is 40.0 Å². The molecule has 1 heterocycles. The van der Waals surface area contributed by atoms with E-state index in [9.17, 15) is 9.18 Å². The average Bonchev–Trinajstić information content (AvgIpc) is 3.12. The van der Waals surface area contributed by atoms with E-state index >= 15 is 0 Å². The lowest BCUT2D eigenvalue weighted by molar-refractivity contribution is 0.112. The lowest BCUT2D eigenvalue weighted by Gasteiger charge is -2.13. The first-order valence-electron chi connectivity index (χ1n) is 10.3. The molecule has 2 aromatic rings. The highest BCUT2D eigenvalue weighted by Gasteiger charge is 2.15. The molecule has 4 heteroatoms. The van der Waals surface area contributed by atoms with Crippen LogP contribution >= 0.6 is 0 Å². The van der Waals surface area contributed by atoms with Gasteiger partial charge >= 0.3 is 0 Å².